The molecule has 0 N–H and O–H groups in total. The first-order chi connectivity index (χ1) is 18.8. The summed E-state index contributed by atoms with van der Waals surface area (Å²) >= 11 is 10.7. The van der Waals surface area contributed by atoms with Gasteiger partial charge in [0.1, 0.15) is 0 Å². The largest absolute Gasteiger partial charge is 0.172 e. The van der Waals surface area contributed by atoms with Gasteiger partial charge in [0.25, 0.3) is 0 Å². The minimum atomic E-state index is 0.0770. The molecular formula is C34H33NS4. The van der Waals surface area contributed by atoms with Crippen molar-refractivity contribution < 1.29 is 0 Å². The molecule has 1 aliphatic rings. The number of hydrogen-bond acceptors (Lipinski definition) is 5. The van der Waals surface area contributed by atoms with Crippen molar-refractivity contribution in [1.82, 2.24) is 3.71 Å². The van der Waals surface area contributed by atoms with Crippen LogP contribution in [0.25, 0.3) is 19.6 Å². The van der Waals surface area contributed by atoms with Crippen molar-refractivity contribution in [2.24, 2.45) is 0 Å². The van der Waals surface area contributed by atoms with Crippen molar-refractivity contribution in [2.75, 3.05) is 0 Å². The van der Waals surface area contributed by atoms with Crippen LogP contribution in [-0.4, -0.2) is 9.08 Å². The number of thiol groups is 1. The van der Waals surface area contributed by atoms with Crippen molar-refractivity contribution in [3.05, 3.63) is 143 Å². The average Bonchev–Trinajstić information content (AvgIpc) is 3.42. The zero-order chi connectivity index (χ0) is 27.4. The van der Waals surface area contributed by atoms with Crippen LogP contribution in [-0.2, 0) is 5.41 Å². The first-order valence-corrected chi connectivity index (χ1v) is 15.9. The predicted molar refractivity (Wildman–Crippen MR) is 181 cm³/mol. The highest BCUT2D eigenvalue weighted by molar-refractivity contribution is 8.26. The Kier molecular flexibility index (Phi) is 9.05. The smallest absolute Gasteiger partial charge is 0.0793 e. The summed E-state index contributed by atoms with van der Waals surface area (Å²) in [6, 6.07) is 40.9. The van der Waals surface area contributed by atoms with E-state index < -0.39 is 0 Å². The maximum absolute atomic E-state index is 5.15. The van der Waals surface area contributed by atoms with Crippen molar-refractivity contribution in [3.8, 4) is 0 Å². The van der Waals surface area contributed by atoms with Crippen LogP contribution in [0.5, 0.6) is 0 Å². The van der Waals surface area contributed by atoms with Gasteiger partial charge in [-0.25, -0.2) is 0 Å². The lowest BCUT2D eigenvalue weighted by Crippen LogP contribution is -2.14. The summed E-state index contributed by atoms with van der Waals surface area (Å²) in [6.07, 6.45) is 0. The molecule has 0 unspecified atom stereocenters. The maximum atomic E-state index is 5.15. The number of thioether (sulfide) groups is 1. The quantitative estimate of drug-likeness (QED) is 0.131. The molecule has 0 aliphatic carbocycles. The van der Waals surface area contributed by atoms with Crippen LogP contribution in [0, 0.1) is 0 Å². The molecule has 0 amide bonds. The first-order valence-electron chi connectivity index (χ1n) is 13.1. The summed E-state index contributed by atoms with van der Waals surface area (Å²) in [5, 5.41) is 0.183. The van der Waals surface area contributed by atoms with Crippen LogP contribution in [0.3, 0.4) is 0 Å². The van der Waals surface area contributed by atoms with Gasteiger partial charge in [0.15, 0.2) is 0 Å². The Labute approximate surface area is 251 Å². The van der Waals surface area contributed by atoms with Gasteiger partial charge in [-0.15, -0.1) is 24.4 Å². The molecule has 4 aromatic rings. The van der Waals surface area contributed by atoms with Gasteiger partial charge in [-0.3, -0.25) is 0 Å². The topological polar surface area (TPSA) is 3.24 Å². The van der Waals surface area contributed by atoms with Gasteiger partial charge in [0.2, 0.25) is 0 Å². The molecule has 1 nitrogen and oxygen atoms in total. The Bertz CT molecular complexity index is 1420. The van der Waals surface area contributed by atoms with Crippen LogP contribution in [0.2, 0.25) is 0 Å². The lowest BCUT2D eigenvalue weighted by molar-refractivity contribution is 0.590. The third-order valence-electron chi connectivity index (χ3n) is 6.48. The van der Waals surface area contributed by atoms with E-state index in [4.69, 9.17) is 12.6 Å². The second-order valence-corrected chi connectivity index (χ2v) is 14.4. The Morgan fingerprint density at radius 3 is 1.69 bits per heavy atom. The maximum Gasteiger partial charge on any atom is 0.0793 e. The van der Waals surface area contributed by atoms with Crippen molar-refractivity contribution >= 4 is 67.9 Å². The summed E-state index contributed by atoms with van der Waals surface area (Å²) in [5.41, 5.74) is 6.23. The summed E-state index contributed by atoms with van der Waals surface area (Å²) in [5.74, 6) is 0. The minimum Gasteiger partial charge on any atom is -0.172 e. The monoisotopic (exact) mass is 583 g/mol. The van der Waals surface area contributed by atoms with E-state index in [1.165, 1.54) is 37.0 Å². The summed E-state index contributed by atoms with van der Waals surface area (Å²) < 4.78 is 2.42. The molecule has 4 aromatic carbocycles. The van der Waals surface area contributed by atoms with Crippen LogP contribution in [0.1, 0.15) is 55.5 Å². The van der Waals surface area contributed by atoms with Gasteiger partial charge < -0.3 is 0 Å². The SMILES string of the molecule is C[C@H](S/C(=C(\S)c1cccc(C(C)(C)C)c1)c1ccccc1)N1SC(c2ccccc2)=C(c2ccccc2)S1. The van der Waals surface area contributed by atoms with E-state index in [0.29, 0.717) is 0 Å². The summed E-state index contributed by atoms with van der Waals surface area (Å²) in [7, 11) is 0. The molecule has 1 heterocycles. The third-order valence-corrected chi connectivity index (χ3v) is 11.4. The molecule has 5 heteroatoms. The van der Waals surface area contributed by atoms with E-state index in [1.807, 2.05) is 35.7 Å². The number of hydrogen-bond donors (Lipinski definition) is 1. The summed E-state index contributed by atoms with van der Waals surface area (Å²) in [6.45, 7) is 9.06. The molecule has 0 saturated heterocycles. The fraction of sp³-hybridized carbons (Fsp3) is 0.176. The summed E-state index contributed by atoms with van der Waals surface area (Å²) in [4.78, 5) is 4.80. The second-order valence-electron chi connectivity index (χ2n) is 10.4. The van der Waals surface area contributed by atoms with Gasteiger partial charge in [0.05, 0.1) is 5.37 Å². The molecule has 1 atom stereocenters. The average molecular weight is 584 g/mol. The van der Waals surface area contributed by atoms with Crippen molar-refractivity contribution in [1.29, 1.82) is 0 Å². The molecule has 5 rings (SSSR count). The number of benzene rings is 4. The number of rotatable bonds is 7. The predicted octanol–water partition coefficient (Wildman–Crippen LogP) is 11.0. The standard InChI is InChI=1S/C34H33NS4/c1-24(35-38-32(26-17-10-6-11-18-26)33(39-35)27-19-12-7-13-20-27)37-31(25-15-8-5-9-16-25)30(36)28-21-14-22-29(23-28)34(2,3)4/h5-24,36H,1-4H3/b31-30-/t24-/m0/s1. The van der Waals surface area contributed by atoms with Crippen LogP contribution in [0.15, 0.2) is 115 Å². The first kappa shape index (κ1) is 28.3. The Balaban J connectivity index is 1.48. The highest BCUT2D eigenvalue weighted by Gasteiger charge is 2.31. The molecular weight excluding hydrogens is 551 g/mol. The Morgan fingerprint density at radius 1 is 0.692 bits per heavy atom. The normalized spacial score (nSPS) is 15.8. The van der Waals surface area contributed by atoms with E-state index >= 15 is 0 Å². The fourth-order valence-electron chi connectivity index (χ4n) is 4.30. The van der Waals surface area contributed by atoms with Gasteiger partial charge in [-0.2, -0.15) is 3.71 Å². The molecule has 0 radical (unpaired) electrons. The van der Waals surface area contributed by atoms with Crippen molar-refractivity contribution in [3.63, 3.8) is 0 Å². The van der Waals surface area contributed by atoms with Crippen molar-refractivity contribution in [2.45, 2.75) is 38.5 Å². The Morgan fingerprint density at radius 2 is 1.18 bits per heavy atom. The van der Waals surface area contributed by atoms with E-state index in [2.05, 4.69) is 147 Å². The van der Waals surface area contributed by atoms with E-state index in [0.717, 1.165) is 10.5 Å². The molecule has 0 fully saturated rings. The zero-order valence-electron chi connectivity index (χ0n) is 22.7. The lowest BCUT2D eigenvalue weighted by Gasteiger charge is -2.24. The van der Waals surface area contributed by atoms with Gasteiger partial charge in [-0.05, 0) is 64.1 Å². The molecule has 0 bridgehead atoms. The molecule has 39 heavy (non-hydrogen) atoms. The number of nitrogens with zero attached hydrogens (tertiary/aromatic N) is 1. The van der Waals surface area contributed by atoms with E-state index in [-0.39, 0.29) is 10.8 Å². The molecule has 0 saturated carbocycles. The minimum absolute atomic E-state index is 0.0770. The van der Waals surface area contributed by atoms with Crippen LogP contribution in [0.4, 0.5) is 0 Å². The van der Waals surface area contributed by atoms with E-state index in [1.54, 1.807) is 0 Å². The molecule has 0 aromatic heterocycles. The fourth-order valence-corrected chi connectivity index (χ4v) is 8.54. The van der Waals surface area contributed by atoms with E-state index in [9.17, 15) is 0 Å². The highest BCUT2D eigenvalue weighted by Crippen LogP contribution is 2.57. The van der Waals surface area contributed by atoms with Gasteiger partial charge >= 0.3 is 0 Å². The lowest BCUT2D eigenvalue weighted by atomic mass is 9.86. The van der Waals surface area contributed by atoms with Crippen LogP contribution >= 0.6 is 48.3 Å². The highest BCUT2D eigenvalue weighted by atomic mass is 32.2. The van der Waals surface area contributed by atoms with Gasteiger partial charge in [0, 0.05) is 19.6 Å². The molecule has 0 spiro atoms. The molecule has 1 aliphatic heterocycles. The Hall–Kier alpha value is -2.28. The van der Waals surface area contributed by atoms with Crippen LogP contribution < -0.4 is 0 Å². The van der Waals surface area contributed by atoms with Gasteiger partial charge in [-0.1, -0.05) is 136 Å². The second kappa shape index (κ2) is 12.5. The zero-order valence-corrected chi connectivity index (χ0v) is 26.0. The molecule has 198 valence electrons. The third kappa shape index (κ3) is 6.72.